The fourth-order valence-corrected chi connectivity index (χ4v) is 1.80. The van der Waals surface area contributed by atoms with Gasteiger partial charge in [-0.1, -0.05) is 0 Å². The maximum Gasteiger partial charge on any atom is 0.433 e. The first-order valence-electron chi connectivity index (χ1n) is 5.38. The minimum absolute atomic E-state index is 0.0945. The molecule has 1 saturated heterocycles. The summed E-state index contributed by atoms with van der Waals surface area (Å²) in [6, 6.07) is 1.88. The molecule has 0 saturated carbocycles. The summed E-state index contributed by atoms with van der Waals surface area (Å²) in [5.74, 6) is -0.409. The molecule has 1 aliphatic rings. The van der Waals surface area contributed by atoms with Gasteiger partial charge < -0.3 is 10.0 Å². The van der Waals surface area contributed by atoms with Gasteiger partial charge in [0.1, 0.15) is 5.69 Å². The summed E-state index contributed by atoms with van der Waals surface area (Å²) in [6.45, 7) is 0.612. The van der Waals surface area contributed by atoms with Crippen molar-refractivity contribution in [3.8, 4) is 0 Å². The van der Waals surface area contributed by atoms with Gasteiger partial charge in [-0.05, 0) is 18.6 Å². The first-order valence-corrected chi connectivity index (χ1v) is 5.38. The number of alkyl halides is 3. The van der Waals surface area contributed by atoms with E-state index in [1.165, 1.54) is 4.90 Å². The number of aliphatic hydroxyl groups is 1. The number of pyridine rings is 1. The molecule has 1 amide bonds. The molecule has 7 heteroatoms. The minimum Gasteiger partial charge on any atom is -0.391 e. The largest absolute Gasteiger partial charge is 0.433 e. The predicted octanol–water partition coefficient (Wildman–Crippen LogP) is 1.31. The van der Waals surface area contributed by atoms with Crippen molar-refractivity contribution in [3.63, 3.8) is 0 Å². The molecule has 1 aliphatic heterocycles. The highest BCUT2D eigenvalue weighted by Gasteiger charge is 2.33. The van der Waals surface area contributed by atoms with Crippen molar-refractivity contribution in [2.45, 2.75) is 18.7 Å². The Morgan fingerprint density at radius 3 is 2.61 bits per heavy atom. The molecule has 1 N–H and O–H groups in total. The monoisotopic (exact) mass is 260 g/mol. The lowest BCUT2D eigenvalue weighted by atomic mass is 10.2. The van der Waals surface area contributed by atoms with Crippen molar-refractivity contribution in [1.82, 2.24) is 9.88 Å². The Bertz CT molecular complexity index is 445. The quantitative estimate of drug-likeness (QED) is 0.828. The topological polar surface area (TPSA) is 53.4 Å². The Balaban J connectivity index is 2.12. The molecule has 0 radical (unpaired) electrons. The first-order chi connectivity index (χ1) is 8.38. The number of carbonyl (C=O) groups is 1. The lowest BCUT2D eigenvalue weighted by Crippen LogP contribution is -2.29. The fraction of sp³-hybridized carbons (Fsp3) is 0.455. The smallest absolute Gasteiger partial charge is 0.391 e. The third-order valence-corrected chi connectivity index (χ3v) is 2.75. The lowest BCUT2D eigenvalue weighted by molar-refractivity contribution is -0.141. The summed E-state index contributed by atoms with van der Waals surface area (Å²) in [4.78, 5) is 16.5. The van der Waals surface area contributed by atoms with Crippen LogP contribution < -0.4 is 0 Å². The van der Waals surface area contributed by atoms with Crippen LogP contribution in [0.1, 0.15) is 22.5 Å². The molecule has 0 spiro atoms. The number of aromatic nitrogens is 1. The minimum atomic E-state index is -4.51. The molecule has 0 aliphatic carbocycles. The average molecular weight is 260 g/mol. The molecule has 18 heavy (non-hydrogen) atoms. The van der Waals surface area contributed by atoms with Crippen molar-refractivity contribution in [3.05, 3.63) is 29.6 Å². The number of hydrogen-bond acceptors (Lipinski definition) is 3. The van der Waals surface area contributed by atoms with E-state index in [-0.39, 0.29) is 12.1 Å². The standard InChI is InChI=1S/C11H11F3N2O2/c12-11(13,14)9-2-1-7(5-15-9)10(18)16-4-3-8(17)6-16/h1-2,5,8,17H,3-4,6H2/t8-/m1/s1. The second kappa shape index (κ2) is 4.56. The van der Waals surface area contributed by atoms with Crippen LogP contribution in [0.3, 0.4) is 0 Å². The number of amides is 1. The van der Waals surface area contributed by atoms with Gasteiger partial charge >= 0.3 is 6.18 Å². The van der Waals surface area contributed by atoms with Crippen molar-refractivity contribution in [1.29, 1.82) is 0 Å². The summed E-state index contributed by atoms with van der Waals surface area (Å²) < 4.78 is 36.8. The van der Waals surface area contributed by atoms with Crippen LogP contribution in [0.5, 0.6) is 0 Å². The van der Waals surface area contributed by atoms with Gasteiger partial charge in [0.2, 0.25) is 0 Å². The molecule has 4 nitrogen and oxygen atoms in total. The van der Waals surface area contributed by atoms with Crippen LogP contribution in [0.2, 0.25) is 0 Å². The lowest BCUT2D eigenvalue weighted by Gasteiger charge is -2.15. The molecule has 0 aromatic carbocycles. The number of likely N-dealkylation sites (tertiary alicyclic amines) is 1. The van der Waals surface area contributed by atoms with Gasteiger partial charge in [0.15, 0.2) is 0 Å². The number of hydrogen-bond donors (Lipinski definition) is 1. The van der Waals surface area contributed by atoms with E-state index in [9.17, 15) is 23.1 Å². The van der Waals surface area contributed by atoms with E-state index in [1.807, 2.05) is 0 Å². The second-order valence-electron chi connectivity index (χ2n) is 4.12. The van der Waals surface area contributed by atoms with Gasteiger partial charge in [0.25, 0.3) is 5.91 Å². The number of halogens is 3. The van der Waals surface area contributed by atoms with E-state index in [1.54, 1.807) is 0 Å². The van der Waals surface area contributed by atoms with Crippen molar-refractivity contribution >= 4 is 5.91 Å². The van der Waals surface area contributed by atoms with E-state index in [0.29, 0.717) is 13.0 Å². The maximum absolute atomic E-state index is 12.3. The van der Waals surface area contributed by atoms with Crippen molar-refractivity contribution in [2.75, 3.05) is 13.1 Å². The molecule has 98 valence electrons. The number of β-amino-alcohol motifs (C(OH)–C–C–N with tert-alkyl or cyclic N) is 1. The van der Waals surface area contributed by atoms with Crippen LogP contribution in [0.25, 0.3) is 0 Å². The van der Waals surface area contributed by atoms with E-state index >= 15 is 0 Å². The van der Waals surface area contributed by atoms with E-state index in [0.717, 1.165) is 18.3 Å². The van der Waals surface area contributed by atoms with E-state index < -0.39 is 23.9 Å². The van der Waals surface area contributed by atoms with Crippen LogP contribution >= 0.6 is 0 Å². The molecule has 2 heterocycles. The van der Waals surface area contributed by atoms with Gasteiger partial charge in [0.05, 0.1) is 11.7 Å². The van der Waals surface area contributed by atoms with Crippen LogP contribution in [0.4, 0.5) is 13.2 Å². The molecule has 0 bridgehead atoms. The van der Waals surface area contributed by atoms with Crippen LogP contribution in [0.15, 0.2) is 18.3 Å². The van der Waals surface area contributed by atoms with Gasteiger partial charge in [-0.15, -0.1) is 0 Å². The number of carbonyl (C=O) groups excluding carboxylic acids is 1. The number of rotatable bonds is 1. The Hall–Kier alpha value is -1.63. The molecular weight excluding hydrogens is 249 g/mol. The SMILES string of the molecule is O=C(c1ccc(C(F)(F)F)nc1)N1CC[C@@H](O)C1. The van der Waals surface area contributed by atoms with Gasteiger partial charge in [-0.25, -0.2) is 0 Å². The normalized spacial score (nSPS) is 20.2. The molecule has 1 fully saturated rings. The van der Waals surface area contributed by atoms with Crippen LogP contribution in [-0.2, 0) is 6.18 Å². The van der Waals surface area contributed by atoms with Crippen molar-refractivity contribution in [2.24, 2.45) is 0 Å². The van der Waals surface area contributed by atoms with Gasteiger partial charge in [-0.3, -0.25) is 9.78 Å². The highest BCUT2D eigenvalue weighted by Crippen LogP contribution is 2.27. The number of aliphatic hydroxyl groups excluding tert-OH is 1. The second-order valence-corrected chi connectivity index (χ2v) is 4.12. The Morgan fingerprint density at radius 1 is 1.44 bits per heavy atom. The third kappa shape index (κ3) is 2.61. The number of nitrogens with zero attached hydrogens (tertiary/aromatic N) is 2. The molecular formula is C11H11F3N2O2. The zero-order valence-electron chi connectivity index (χ0n) is 9.31. The zero-order chi connectivity index (χ0) is 13.3. The van der Waals surface area contributed by atoms with Crippen molar-refractivity contribution < 1.29 is 23.1 Å². The highest BCUT2D eigenvalue weighted by atomic mass is 19.4. The summed E-state index contributed by atoms with van der Waals surface area (Å²) in [7, 11) is 0. The third-order valence-electron chi connectivity index (χ3n) is 2.75. The average Bonchev–Trinajstić information content (AvgIpc) is 2.74. The maximum atomic E-state index is 12.3. The summed E-state index contributed by atoms with van der Waals surface area (Å²) in [6.07, 6.45) is -3.67. The van der Waals surface area contributed by atoms with E-state index in [2.05, 4.69) is 4.98 Å². The molecule has 1 aromatic heterocycles. The van der Waals surface area contributed by atoms with Gasteiger partial charge in [0, 0.05) is 19.3 Å². The zero-order valence-corrected chi connectivity index (χ0v) is 9.31. The summed E-state index contributed by atoms with van der Waals surface area (Å²) >= 11 is 0. The Labute approximate surface area is 101 Å². The van der Waals surface area contributed by atoms with Gasteiger partial charge in [-0.2, -0.15) is 13.2 Å². The highest BCUT2D eigenvalue weighted by molar-refractivity contribution is 5.94. The van der Waals surface area contributed by atoms with E-state index in [4.69, 9.17) is 0 Å². The molecule has 1 atom stereocenters. The van der Waals surface area contributed by atoms with Crippen LogP contribution in [-0.4, -0.2) is 40.1 Å². The fourth-order valence-electron chi connectivity index (χ4n) is 1.80. The Morgan fingerprint density at radius 2 is 2.17 bits per heavy atom. The molecule has 0 unspecified atom stereocenters. The molecule has 1 aromatic rings. The van der Waals surface area contributed by atoms with Crippen LogP contribution in [0, 0.1) is 0 Å². The molecule has 2 rings (SSSR count). The first kappa shape index (κ1) is 12.8. The summed E-state index contributed by atoms with van der Waals surface area (Å²) in [5, 5.41) is 9.29. The summed E-state index contributed by atoms with van der Waals surface area (Å²) in [5.41, 5.74) is -0.933. The predicted molar refractivity (Wildman–Crippen MR) is 55.8 cm³/mol. The Kier molecular flexibility index (Phi) is 3.25.